The van der Waals surface area contributed by atoms with Crippen molar-refractivity contribution in [2.45, 2.75) is 39.0 Å². The van der Waals surface area contributed by atoms with Gasteiger partial charge in [-0.1, -0.05) is 43.9 Å². The quantitative estimate of drug-likeness (QED) is 0.352. The SMILES string of the molecule is CCN(CC)CC(O)CCC(=O)c1ccc(C#Cc2c(N)ncc3ccc(C(F)(F)F)cc23)cc1. The number of nitrogens with zero attached hydrogens (tertiary/aromatic N) is 2. The zero-order valence-corrected chi connectivity index (χ0v) is 19.7. The molecule has 1 atom stereocenters. The van der Waals surface area contributed by atoms with Crippen LogP contribution in [0.4, 0.5) is 19.0 Å². The molecule has 0 aliphatic heterocycles. The first-order valence-electron chi connectivity index (χ1n) is 11.4. The molecule has 184 valence electrons. The molecule has 0 aliphatic carbocycles. The van der Waals surface area contributed by atoms with Crippen molar-refractivity contribution in [2.75, 3.05) is 25.4 Å². The molecule has 2 aromatic carbocycles. The normalized spacial score (nSPS) is 12.4. The summed E-state index contributed by atoms with van der Waals surface area (Å²) in [5, 5.41) is 10.9. The number of pyridine rings is 1. The van der Waals surface area contributed by atoms with Gasteiger partial charge in [-0.15, -0.1) is 0 Å². The number of halogens is 3. The third kappa shape index (κ3) is 6.81. The molecule has 1 unspecified atom stereocenters. The van der Waals surface area contributed by atoms with E-state index in [2.05, 4.69) is 21.7 Å². The summed E-state index contributed by atoms with van der Waals surface area (Å²) in [4.78, 5) is 18.6. The van der Waals surface area contributed by atoms with Crippen LogP contribution >= 0.6 is 0 Å². The Bertz CT molecular complexity index is 1240. The number of carbonyl (C=O) groups is 1. The summed E-state index contributed by atoms with van der Waals surface area (Å²) in [7, 11) is 0. The predicted octanol–water partition coefficient (Wildman–Crippen LogP) is 4.90. The monoisotopic (exact) mass is 483 g/mol. The molecule has 0 saturated heterocycles. The number of rotatable bonds is 8. The van der Waals surface area contributed by atoms with Gasteiger partial charge in [0.1, 0.15) is 5.82 Å². The molecule has 1 aromatic heterocycles. The topological polar surface area (TPSA) is 79.5 Å². The molecule has 8 heteroatoms. The zero-order chi connectivity index (χ0) is 25.6. The number of hydrogen-bond donors (Lipinski definition) is 2. The predicted molar refractivity (Wildman–Crippen MR) is 131 cm³/mol. The third-order valence-electron chi connectivity index (χ3n) is 5.86. The van der Waals surface area contributed by atoms with E-state index in [9.17, 15) is 23.1 Å². The van der Waals surface area contributed by atoms with Gasteiger partial charge in [-0.2, -0.15) is 13.2 Å². The number of anilines is 1. The number of ketones is 1. The first-order chi connectivity index (χ1) is 16.6. The minimum Gasteiger partial charge on any atom is -0.392 e. The fourth-order valence-electron chi connectivity index (χ4n) is 3.72. The minimum atomic E-state index is -4.49. The number of aliphatic hydroxyl groups is 1. The second kappa shape index (κ2) is 11.3. The smallest absolute Gasteiger partial charge is 0.392 e. The number of hydrogen-bond acceptors (Lipinski definition) is 5. The van der Waals surface area contributed by atoms with E-state index in [1.165, 1.54) is 12.3 Å². The van der Waals surface area contributed by atoms with E-state index in [4.69, 9.17) is 5.73 Å². The Kier molecular flexibility index (Phi) is 8.49. The first kappa shape index (κ1) is 26.2. The standard InChI is InChI=1S/C27H28F3N3O2/c1-3-33(4-2)17-22(34)12-14-25(35)19-8-5-18(6-9-19)7-13-23-24-15-21(27(28,29)30)11-10-20(24)16-32-26(23)31/h5-6,8-11,15-16,22,34H,3-4,12,14,17H2,1-2H3,(H2,31,32). The van der Waals surface area contributed by atoms with E-state index in [1.807, 2.05) is 13.8 Å². The average molecular weight is 484 g/mol. The lowest BCUT2D eigenvalue weighted by atomic mass is 10.0. The van der Waals surface area contributed by atoms with Crippen molar-refractivity contribution in [1.29, 1.82) is 0 Å². The van der Waals surface area contributed by atoms with E-state index in [0.717, 1.165) is 25.2 Å². The molecular weight excluding hydrogens is 455 g/mol. The first-order valence-corrected chi connectivity index (χ1v) is 11.4. The molecule has 0 aliphatic rings. The fourth-order valence-corrected chi connectivity index (χ4v) is 3.72. The van der Waals surface area contributed by atoms with Crippen molar-refractivity contribution in [3.8, 4) is 11.8 Å². The molecule has 3 aromatic rings. The van der Waals surface area contributed by atoms with Crippen LogP contribution in [0.2, 0.25) is 0 Å². The van der Waals surface area contributed by atoms with E-state index in [1.54, 1.807) is 24.3 Å². The molecule has 0 spiro atoms. The maximum Gasteiger partial charge on any atom is 0.416 e. The molecule has 0 saturated carbocycles. The van der Waals surface area contributed by atoms with Crippen molar-refractivity contribution < 1.29 is 23.1 Å². The van der Waals surface area contributed by atoms with E-state index in [0.29, 0.717) is 29.5 Å². The van der Waals surface area contributed by atoms with Crippen molar-refractivity contribution >= 4 is 22.4 Å². The number of aromatic nitrogens is 1. The summed E-state index contributed by atoms with van der Waals surface area (Å²) in [6.45, 7) is 6.26. The maximum atomic E-state index is 13.2. The average Bonchev–Trinajstić information content (AvgIpc) is 2.84. The summed E-state index contributed by atoms with van der Waals surface area (Å²) >= 11 is 0. The molecular formula is C27H28F3N3O2. The number of carbonyl (C=O) groups excluding carboxylic acids is 1. The highest BCUT2D eigenvalue weighted by Crippen LogP contribution is 2.33. The molecule has 5 nitrogen and oxygen atoms in total. The number of nitrogens with two attached hydrogens (primary N) is 1. The number of alkyl halides is 3. The van der Waals surface area contributed by atoms with Crippen LogP contribution in [0.5, 0.6) is 0 Å². The summed E-state index contributed by atoms with van der Waals surface area (Å²) in [6, 6.07) is 9.99. The highest BCUT2D eigenvalue weighted by atomic mass is 19.4. The lowest BCUT2D eigenvalue weighted by molar-refractivity contribution is -0.137. The number of benzene rings is 2. The van der Waals surface area contributed by atoms with Crippen LogP contribution in [0.15, 0.2) is 48.7 Å². The van der Waals surface area contributed by atoms with E-state index in [-0.39, 0.29) is 29.0 Å². The Morgan fingerprint density at radius 1 is 1.11 bits per heavy atom. The van der Waals surface area contributed by atoms with Gasteiger partial charge in [0.15, 0.2) is 5.78 Å². The summed E-state index contributed by atoms with van der Waals surface area (Å²) < 4.78 is 39.5. The van der Waals surface area contributed by atoms with E-state index < -0.39 is 17.8 Å². The van der Waals surface area contributed by atoms with Crippen LogP contribution < -0.4 is 5.73 Å². The van der Waals surface area contributed by atoms with Gasteiger partial charge in [0.25, 0.3) is 0 Å². The van der Waals surface area contributed by atoms with Crippen LogP contribution in [-0.2, 0) is 6.18 Å². The van der Waals surface area contributed by atoms with Crippen molar-refractivity contribution in [3.05, 3.63) is 70.9 Å². The highest BCUT2D eigenvalue weighted by molar-refractivity contribution is 5.96. The Balaban J connectivity index is 1.74. The van der Waals surface area contributed by atoms with Gasteiger partial charge in [-0.3, -0.25) is 4.79 Å². The Morgan fingerprint density at radius 3 is 2.43 bits per heavy atom. The molecule has 0 amide bonds. The number of likely N-dealkylation sites (N-methyl/N-ethyl adjacent to an activating group) is 1. The van der Waals surface area contributed by atoms with Crippen molar-refractivity contribution in [2.24, 2.45) is 0 Å². The second-order valence-electron chi connectivity index (χ2n) is 8.25. The zero-order valence-electron chi connectivity index (χ0n) is 19.7. The molecule has 0 radical (unpaired) electrons. The molecule has 3 N–H and O–H groups in total. The van der Waals surface area contributed by atoms with Gasteiger partial charge in [-0.25, -0.2) is 4.98 Å². The third-order valence-corrected chi connectivity index (χ3v) is 5.86. The van der Waals surface area contributed by atoms with Crippen molar-refractivity contribution in [1.82, 2.24) is 9.88 Å². The van der Waals surface area contributed by atoms with Crippen LogP contribution in [-0.4, -0.2) is 46.5 Å². The van der Waals surface area contributed by atoms with Gasteiger partial charge >= 0.3 is 6.18 Å². The Hall–Kier alpha value is -3.41. The summed E-state index contributed by atoms with van der Waals surface area (Å²) in [6.07, 6.45) is -3.03. The van der Waals surface area contributed by atoms with Gasteiger partial charge in [-0.05, 0) is 43.8 Å². The van der Waals surface area contributed by atoms with Crippen LogP contribution in [0.1, 0.15) is 53.7 Å². The second-order valence-corrected chi connectivity index (χ2v) is 8.25. The maximum absolute atomic E-state index is 13.2. The van der Waals surface area contributed by atoms with Crippen LogP contribution in [0.3, 0.4) is 0 Å². The lowest BCUT2D eigenvalue weighted by Gasteiger charge is -2.21. The highest BCUT2D eigenvalue weighted by Gasteiger charge is 2.30. The Labute approximate surface area is 202 Å². The molecule has 3 rings (SSSR count). The number of nitrogen functional groups attached to an aromatic ring is 1. The number of Topliss-reactive ketones (excluding diaryl/α,β-unsaturated/α-hetero) is 1. The van der Waals surface area contributed by atoms with Gasteiger partial charge < -0.3 is 15.7 Å². The van der Waals surface area contributed by atoms with Gasteiger partial charge in [0.2, 0.25) is 0 Å². The number of fused-ring (bicyclic) bond motifs is 1. The summed E-state index contributed by atoms with van der Waals surface area (Å²) in [5.41, 5.74) is 6.43. The fraction of sp³-hybridized carbons (Fsp3) is 0.333. The van der Waals surface area contributed by atoms with Gasteiger partial charge in [0, 0.05) is 41.1 Å². The van der Waals surface area contributed by atoms with E-state index >= 15 is 0 Å². The molecule has 0 bridgehead atoms. The van der Waals surface area contributed by atoms with Gasteiger partial charge in [0.05, 0.1) is 17.2 Å². The van der Waals surface area contributed by atoms with Crippen molar-refractivity contribution in [3.63, 3.8) is 0 Å². The molecule has 1 heterocycles. The lowest BCUT2D eigenvalue weighted by Crippen LogP contribution is -2.32. The molecule has 35 heavy (non-hydrogen) atoms. The van der Waals surface area contributed by atoms with Crippen LogP contribution in [0.25, 0.3) is 10.8 Å². The number of aliphatic hydroxyl groups excluding tert-OH is 1. The minimum absolute atomic E-state index is 0.0411. The van der Waals surface area contributed by atoms with Crippen LogP contribution in [0, 0.1) is 11.8 Å². The summed E-state index contributed by atoms with van der Waals surface area (Å²) in [5.74, 6) is 5.70. The Morgan fingerprint density at radius 2 is 1.80 bits per heavy atom. The largest absolute Gasteiger partial charge is 0.416 e. The molecule has 0 fully saturated rings.